The molecule has 4 aromatic rings. The van der Waals surface area contributed by atoms with E-state index in [0.29, 0.717) is 16.9 Å². The molecule has 1 unspecified atom stereocenters. The summed E-state index contributed by atoms with van der Waals surface area (Å²) in [7, 11) is 0. The number of hydrogen-bond acceptors (Lipinski definition) is 4. The van der Waals surface area contributed by atoms with E-state index in [2.05, 4.69) is 15.3 Å². The Kier molecular flexibility index (Phi) is 4.65. The Morgan fingerprint density at radius 1 is 0.964 bits per heavy atom. The molecule has 0 fully saturated rings. The molecular formula is C23H20FN3O. The standard InChI is InChI=1S/C23H20FN3O/c1-14-11-12-25-20(13-14)27-21(16-5-8-18(24)9-6-16)19-10-7-17-4-3-15(2)26-22(17)23(19)28/h3-13,21,28H,1-2H3,(H,25,27). The highest BCUT2D eigenvalue weighted by molar-refractivity contribution is 5.86. The van der Waals surface area contributed by atoms with Gasteiger partial charge in [0.2, 0.25) is 0 Å². The molecule has 0 aliphatic carbocycles. The van der Waals surface area contributed by atoms with Crippen LogP contribution in [0.3, 0.4) is 0 Å². The molecule has 0 amide bonds. The van der Waals surface area contributed by atoms with Gasteiger partial charge in [0, 0.05) is 22.8 Å². The summed E-state index contributed by atoms with van der Waals surface area (Å²) < 4.78 is 13.5. The van der Waals surface area contributed by atoms with Crippen molar-refractivity contribution >= 4 is 16.7 Å². The molecule has 0 saturated heterocycles. The summed E-state index contributed by atoms with van der Waals surface area (Å²) >= 11 is 0. The number of nitrogens with zero attached hydrogens (tertiary/aromatic N) is 2. The highest BCUT2D eigenvalue weighted by Crippen LogP contribution is 2.36. The average Bonchev–Trinajstić information content (AvgIpc) is 2.68. The van der Waals surface area contributed by atoms with Crippen LogP contribution in [0.5, 0.6) is 5.75 Å². The molecule has 2 aromatic heterocycles. The smallest absolute Gasteiger partial charge is 0.147 e. The summed E-state index contributed by atoms with van der Waals surface area (Å²) in [6.07, 6.45) is 1.73. The highest BCUT2D eigenvalue weighted by Gasteiger charge is 2.20. The molecule has 4 rings (SSSR count). The second kappa shape index (κ2) is 7.27. The van der Waals surface area contributed by atoms with E-state index in [1.165, 1.54) is 12.1 Å². The van der Waals surface area contributed by atoms with Gasteiger partial charge < -0.3 is 10.4 Å². The molecule has 2 N–H and O–H groups in total. The molecule has 0 radical (unpaired) electrons. The van der Waals surface area contributed by atoms with Crippen molar-refractivity contribution in [1.29, 1.82) is 0 Å². The van der Waals surface area contributed by atoms with Crippen molar-refractivity contribution in [2.24, 2.45) is 0 Å². The number of benzene rings is 2. The van der Waals surface area contributed by atoms with Gasteiger partial charge in [0.25, 0.3) is 0 Å². The van der Waals surface area contributed by atoms with Gasteiger partial charge in [0.05, 0.1) is 6.04 Å². The Labute approximate surface area is 162 Å². The first-order valence-electron chi connectivity index (χ1n) is 9.05. The third-order valence-electron chi connectivity index (χ3n) is 4.73. The summed E-state index contributed by atoms with van der Waals surface area (Å²) in [5.74, 6) is 0.470. The summed E-state index contributed by atoms with van der Waals surface area (Å²) in [4.78, 5) is 8.87. The van der Waals surface area contributed by atoms with Crippen LogP contribution in [-0.2, 0) is 0 Å². The van der Waals surface area contributed by atoms with Crippen molar-refractivity contribution < 1.29 is 9.50 Å². The molecule has 28 heavy (non-hydrogen) atoms. The molecule has 0 aliphatic rings. The fraction of sp³-hybridized carbons (Fsp3) is 0.130. The topological polar surface area (TPSA) is 58.0 Å². The lowest BCUT2D eigenvalue weighted by atomic mass is 9.96. The van der Waals surface area contributed by atoms with Crippen molar-refractivity contribution in [1.82, 2.24) is 9.97 Å². The van der Waals surface area contributed by atoms with Crippen LogP contribution in [0, 0.1) is 19.7 Å². The maximum atomic E-state index is 13.5. The summed E-state index contributed by atoms with van der Waals surface area (Å²) in [5.41, 5.74) is 3.90. The van der Waals surface area contributed by atoms with E-state index in [1.54, 1.807) is 18.3 Å². The van der Waals surface area contributed by atoms with Crippen molar-refractivity contribution in [2.75, 3.05) is 5.32 Å². The minimum atomic E-state index is -0.415. The van der Waals surface area contributed by atoms with Gasteiger partial charge in [-0.2, -0.15) is 0 Å². The molecule has 4 nitrogen and oxygen atoms in total. The van der Waals surface area contributed by atoms with Crippen molar-refractivity contribution in [3.05, 3.63) is 95.1 Å². The van der Waals surface area contributed by atoms with Crippen molar-refractivity contribution in [3.8, 4) is 5.75 Å². The Morgan fingerprint density at radius 2 is 1.71 bits per heavy atom. The lowest BCUT2D eigenvalue weighted by molar-refractivity contribution is 0.471. The number of aryl methyl sites for hydroxylation is 2. The molecule has 0 spiro atoms. The molecule has 140 valence electrons. The summed E-state index contributed by atoms with van der Waals surface area (Å²) in [6, 6.07) is 17.3. The first-order chi connectivity index (χ1) is 13.5. The van der Waals surface area contributed by atoms with Gasteiger partial charge in [-0.05, 0) is 55.3 Å². The van der Waals surface area contributed by atoms with Gasteiger partial charge in [-0.1, -0.05) is 30.3 Å². The molecule has 2 heterocycles. The van der Waals surface area contributed by atoms with E-state index < -0.39 is 6.04 Å². The van der Waals surface area contributed by atoms with E-state index >= 15 is 0 Å². The normalized spacial score (nSPS) is 12.1. The number of aromatic hydroxyl groups is 1. The van der Waals surface area contributed by atoms with E-state index in [9.17, 15) is 9.50 Å². The first kappa shape index (κ1) is 17.9. The fourth-order valence-electron chi connectivity index (χ4n) is 3.28. The first-order valence-corrected chi connectivity index (χ1v) is 9.05. The Morgan fingerprint density at radius 3 is 2.46 bits per heavy atom. The van der Waals surface area contributed by atoms with Gasteiger partial charge in [-0.3, -0.25) is 0 Å². The van der Waals surface area contributed by atoms with Crippen molar-refractivity contribution in [3.63, 3.8) is 0 Å². The second-order valence-corrected chi connectivity index (χ2v) is 6.88. The minimum absolute atomic E-state index is 0.107. The lowest BCUT2D eigenvalue weighted by Gasteiger charge is -2.22. The van der Waals surface area contributed by atoms with E-state index in [-0.39, 0.29) is 11.6 Å². The number of fused-ring (bicyclic) bond motifs is 1. The zero-order chi connectivity index (χ0) is 19.7. The van der Waals surface area contributed by atoms with Gasteiger partial charge in [0.1, 0.15) is 22.9 Å². The largest absolute Gasteiger partial charge is 0.505 e. The minimum Gasteiger partial charge on any atom is -0.505 e. The van der Waals surface area contributed by atoms with Gasteiger partial charge in [-0.25, -0.2) is 14.4 Å². The number of halogens is 1. The number of hydrogen-bond donors (Lipinski definition) is 2. The second-order valence-electron chi connectivity index (χ2n) is 6.88. The number of phenolic OH excluding ortho intramolecular Hbond substituents is 1. The van der Waals surface area contributed by atoms with E-state index in [0.717, 1.165) is 22.2 Å². The Bertz CT molecular complexity index is 1140. The zero-order valence-corrected chi connectivity index (χ0v) is 15.6. The predicted octanol–water partition coefficient (Wildman–Crippen LogP) is 5.29. The molecule has 1 atom stereocenters. The zero-order valence-electron chi connectivity index (χ0n) is 15.6. The van der Waals surface area contributed by atoms with Crippen LogP contribution in [0.15, 0.2) is 66.9 Å². The van der Waals surface area contributed by atoms with Crippen LogP contribution < -0.4 is 5.32 Å². The van der Waals surface area contributed by atoms with Crippen LogP contribution in [0.1, 0.15) is 28.4 Å². The summed E-state index contributed by atoms with van der Waals surface area (Å²) in [6.45, 7) is 3.87. The molecule has 0 bridgehead atoms. The maximum Gasteiger partial charge on any atom is 0.147 e. The Balaban J connectivity index is 1.86. The van der Waals surface area contributed by atoms with E-state index in [1.807, 2.05) is 50.2 Å². The Hall–Kier alpha value is -3.47. The maximum absolute atomic E-state index is 13.5. The predicted molar refractivity (Wildman–Crippen MR) is 109 cm³/mol. The molecule has 5 heteroatoms. The molecule has 0 saturated carbocycles. The number of nitrogens with one attached hydrogen (secondary N) is 1. The van der Waals surface area contributed by atoms with E-state index in [4.69, 9.17) is 0 Å². The quantitative estimate of drug-likeness (QED) is 0.510. The van der Waals surface area contributed by atoms with Crippen molar-refractivity contribution in [2.45, 2.75) is 19.9 Å². The third-order valence-corrected chi connectivity index (χ3v) is 4.73. The number of pyridine rings is 2. The number of rotatable bonds is 4. The average molecular weight is 373 g/mol. The van der Waals surface area contributed by atoms with Gasteiger partial charge >= 0.3 is 0 Å². The molecular weight excluding hydrogens is 353 g/mol. The SMILES string of the molecule is Cc1ccnc(NC(c2ccc(F)cc2)c2ccc3ccc(C)nc3c2O)c1. The number of anilines is 1. The van der Waals surface area contributed by atoms with Gasteiger partial charge in [-0.15, -0.1) is 0 Å². The molecule has 2 aromatic carbocycles. The van der Waals surface area contributed by atoms with Gasteiger partial charge in [0.15, 0.2) is 0 Å². The fourth-order valence-corrected chi connectivity index (χ4v) is 3.28. The van der Waals surface area contributed by atoms with Crippen LogP contribution in [0.25, 0.3) is 10.9 Å². The van der Waals surface area contributed by atoms with Crippen LogP contribution in [-0.4, -0.2) is 15.1 Å². The number of aromatic nitrogens is 2. The third kappa shape index (κ3) is 3.51. The van der Waals surface area contributed by atoms with Crippen LogP contribution in [0.2, 0.25) is 0 Å². The lowest BCUT2D eigenvalue weighted by Crippen LogP contribution is -2.14. The summed E-state index contributed by atoms with van der Waals surface area (Å²) in [5, 5.41) is 15.2. The van der Waals surface area contributed by atoms with Crippen LogP contribution in [0.4, 0.5) is 10.2 Å². The number of phenols is 1. The monoisotopic (exact) mass is 373 g/mol. The molecule has 0 aliphatic heterocycles. The highest BCUT2D eigenvalue weighted by atomic mass is 19.1. The van der Waals surface area contributed by atoms with Crippen LogP contribution >= 0.6 is 0 Å².